The lowest BCUT2D eigenvalue weighted by atomic mass is 10.1. The van der Waals surface area contributed by atoms with E-state index in [4.69, 9.17) is 0 Å². The Bertz CT molecular complexity index is 165. The van der Waals surface area contributed by atoms with Crippen molar-refractivity contribution in [3.8, 4) is 0 Å². The molecule has 0 saturated carbocycles. The van der Waals surface area contributed by atoms with E-state index in [9.17, 15) is 0 Å². The van der Waals surface area contributed by atoms with Crippen LogP contribution >= 0.6 is 0 Å². The van der Waals surface area contributed by atoms with Gasteiger partial charge in [-0.15, -0.1) is 0 Å². The molecule has 1 aliphatic rings. The molecule has 0 radical (unpaired) electrons. The van der Waals surface area contributed by atoms with Crippen molar-refractivity contribution in [3.63, 3.8) is 0 Å². The highest BCUT2D eigenvalue weighted by Crippen LogP contribution is 2.00. The summed E-state index contributed by atoms with van der Waals surface area (Å²) >= 11 is 0. The second kappa shape index (κ2) is 8.04. The van der Waals surface area contributed by atoms with Gasteiger partial charge in [-0.3, -0.25) is 0 Å². The van der Waals surface area contributed by atoms with Crippen LogP contribution in [0.1, 0.15) is 26.7 Å². The Hall–Kier alpha value is -0.120. The maximum atomic E-state index is 3.55. The van der Waals surface area contributed by atoms with Crippen molar-refractivity contribution in [3.05, 3.63) is 0 Å². The SMILES string of the molecule is CCC(C)CNCCCN1CCN(C)CC1. The molecule has 1 heterocycles. The molecular formula is C13H29N3. The van der Waals surface area contributed by atoms with Gasteiger partial charge >= 0.3 is 0 Å². The summed E-state index contributed by atoms with van der Waals surface area (Å²) in [4.78, 5) is 5.00. The number of hydrogen-bond acceptors (Lipinski definition) is 3. The molecule has 0 aliphatic carbocycles. The number of likely N-dealkylation sites (N-methyl/N-ethyl adjacent to an activating group) is 1. The summed E-state index contributed by atoms with van der Waals surface area (Å²) in [6.07, 6.45) is 2.58. The van der Waals surface area contributed by atoms with Crippen LogP contribution in [0.15, 0.2) is 0 Å². The lowest BCUT2D eigenvalue weighted by Crippen LogP contribution is -2.45. The Labute approximate surface area is 101 Å². The first-order valence-electron chi connectivity index (χ1n) is 6.84. The molecule has 0 amide bonds. The third-order valence-electron chi connectivity index (χ3n) is 3.61. The smallest absolute Gasteiger partial charge is 0.0110 e. The molecule has 16 heavy (non-hydrogen) atoms. The standard InChI is InChI=1S/C13H29N3/c1-4-13(2)12-14-6-5-7-16-10-8-15(3)9-11-16/h13-14H,4-12H2,1-3H3. The number of nitrogens with one attached hydrogen (secondary N) is 1. The van der Waals surface area contributed by atoms with Crippen LogP contribution in [0.5, 0.6) is 0 Å². The van der Waals surface area contributed by atoms with Gasteiger partial charge in [-0.2, -0.15) is 0 Å². The van der Waals surface area contributed by atoms with Crippen LogP contribution in [-0.2, 0) is 0 Å². The molecule has 0 bridgehead atoms. The fourth-order valence-corrected chi connectivity index (χ4v) is 1.99. The lowest BCUT2D eigenvalue weighted by molar-refractivity contribution is 0.152. The number of rotatable bonds is 7. The van der Waals surface area contributed by atoms with Crippen molar-refractivity contribution in [1.29, 1.82) is 0 Å². The molecule has 3 nitrogen and oxygen atoms in total. The van der Waals surface area contributed by atoms with Crippen LogP contribution in [0.3, 0.4) is 0 Å². The second-order valence-electron chi connectivity index (χ2n) is 5.22. The summed E-state index contributed by atoms with van der Waals surface area (Å²) in [6, 6.07) is 0. The summed E-state index contributed by atoms with van der Waals surface area (Å²) in [5.41, 5.74) is 0. The lowest BCUT2D eigenvalue weighted by Gasteiger charge is -2.32. The molecule has 1 N–H and O–H groups in total. The van der Waals surface area contributed by atoms with Gasteiger partial charge in [-0.05, 0) is 39.0 Å². The number of hydrogen-bond donors (Lipinski definition) is 1. The van der Waals surface area contributed by atoms with Crippen molar-refractivity contribution in [1.82, 2.24) is 15.1 Å². The molecule has 0 aromatic heterocycles. The molecular weight excluding hydrogens is 198 g/mol. The van der Waals surface area contributed by atoms with E-state index in [1.54, 1.807) is 0 Å². The normalized spacial score (nSPS) is 21.2. The zero-order valence-electron chi connectivity index (χ0n) is 11.3. The quantitative estimate of drug-likeness (QED) is 0.661. The third-order valence-corrected chi connectivity index (χ3v) is 3.61. The van der Waals surface area contributed by atoms with Crippen molar-refractivity contribution in [2.24, 2.45) is 5.92 Å². The zero-order valence-corrected chi connectivity index (χ0v) is 11.3. The third kappa shape index (κ3) is 5.83. The van der Waals surface area contributed by atoms with Gasteiger partial charge < -0.3 is 15.1 Å². The minimum Gasteiger partial charge on any atom is -0.316 e. The maximum Gasteiger partial charge on any atom is 0.0110 e. The van der Waals surface area contributed by atoms with E-state index in [1.165, 1.54) is 58.7 Å². The van der Waals surface area contributed by atoms with Gasteiger partial charge in [0.25, 0.3) is 0 Å². The van der Waals surface area contributed by atoms with Crippen LogP contribution in [0.4, 0.5) is 0 Å². The van der Waals surface area contributed by atoms with Crippen LogP contribution in [0.2, 0.25) is 0 Å². The van der Waals surface area contributed by atoms with Crippen molar-refractivity contribution in [2.75, 3.05) is 52.9 Å². The Morgan fingerprint density at radius 1 is 1.19 bits per heavy atom. The predicted molar refractivity (Wildman–Crippen MR) is 70.9 cm³/mol. The molecule has 1 aliphatic heterocycles. The largest absolute Gasteiger partial charge is 0.316 e. The summed E-state index contributed by atoms with van der Waals surface area (Å²) in [7, 11) is 2.21. The van der Waals surface area contributed by atoms with Gasteiger partial charge in [0.1, 0.15) is 0 Å². The second-order valence-corrected chi connectivity index (χ2v) is 5.22. The minimum atomic E-state index is 0.823. The molecule has 3 heteroatoms. The monoisotopic (exact) mass is 227 g/mol. The summed E-state index contributed by atoms with van der Waals surface area (Å²) in [5, 5.41) is 3.55. The minimum absolute atomic E-state index is 0.823. The molecule has 0 spiro atoms. The molecule has 1 unspecified atom stereocenters. The fourth-order valence-electron chi connectivity index (χ4n) is 1.99. The first kappa shape index (κ1) is 13.9. The van der Waals surface area contributed by atoms with Gasteiger partial charge in [0, 0.05) is 26.2 Å². The molecule has 1 saturated heterocycles. The Morgan fingerprint density at radius 2 is 1.88 bits per heavy atom. The van der Waals surface area contributed by atoms with Crippen molar-refractivity contribution in [2.45, 2.75) is 26.7 Å². The van der Waals surface area contributed by atoms with Crippen molar-refractivity contribution < 1.29 is 0 Å². The Morgan fingerprint density at radius 3 is 2.50 bits per heavy atom. The van der Waals surface area contributed by atoms with Gasteiger partial charge in [-0.25, -0.2) is 0 Å². The van der Waals surface area contributed by atoms with Crippen molar-refractivity contribution >= 4 is 0 Å². The van der Waals surface area contributed by atoms with E-state index in [-0.39, 0.29) is 0 Å². The topological polar surface area (TPSA) is 18.5 Å². The van der Waals surface area contributed by atoms with Crippen LogP contribution in [0, 0.1) is 5.92 Å². The van der Waals surface area contributed by atoms with E-state index in [1.807, 2.05) is 0 Å². The van der Waals surface area contributed by atoms with E-state index in [0.717, 1.165) is 5.92 Å². The highest BCUT2D eigenvalue weighted by atomic mass is 15.2. The first-order chi connectivity index (χ1) is 7.72. The summed E-state index contributed by atoms with van der Waals surface area (Å²) in [5.74, 6) is 0.823. The van der Waals surface area contributed by atoms with Gasteiger partial charge in [0.15, 0.2) is 0 Å². The summed E-state index contributed by atoms with van der Waals surface area (Å²) < 4.78 is 0. The van der Waals surface area contributed by atoms with E-state index in [0.29, 0.717) is 0 Å². The van der Waals surface area contributed by atoms with E-state index >= 15 is 0 Å². The van der Waals surface area contributed by atoms with E-state index in [2.05, 4.69) is 36.0 Å². The maximum absolute atomic E-state index is 3.55. The molecule has 0 aromatic carbocycles. The molecule has 1 atom stereocenters. The van der Waals surface area contributed by atoms with E-state index < -0.39 is 0 Å². The fraction of sp³-hybridized carbons (Fsp3) is 1.00. The number of nitrogens with zero attached hydrogens (tertiary/aromatic N) is 2. The molecule has 1 fully saturated rings. The highest BCUT2D eigenvalue weighted by molar-refractivity contribution is 4.69. The van der Waals surface area contributed by atoms with Gasteiger partial charge in [0.2, 0.25) is 0 Å². The predicted octanol–water partition coefficient (Wildman–Crippen LogP) is 1.26. The number of piperazine rings is 1. The van der Waals surface area contributed by atoms with Gasteiger partial charge in [-0.1, -0.05) is 20.3 Å². The first-order valence-corrected chi connectivity index (χ1v) is 6.84. The van der Waals surface area contributed by atoms with Gasteiger partial charge in [0.05, 0.1) is 0 Å². The summed E-state index contributed by atoms with van der Waals surface area (Å²) in [6.45, 7) is 13.2. The average Bonchev–Trinajstić information content (AvgIpc) is 2.31. The highest BCUT2D eigenvalue weighted by Gasteiger charge is 2.12. The Kier molecular flexibility index (Phi) is 7.01. The van der Waals surface area contributed by atoms with Crippen LogP contribution in [-0.4, -0.2) is 62.7 Å². The molecule has 0 aromatic rings. The molecule has 96 valence electrons. The zero-order chi connectivity index (χ0) is 11.8. The average molecular weight is 227 g/mol. The van der Waals surface area contributed by atoms with Crippen LogP contribution < -0.4 is 5.32 Å². The van der Waals surface area contributed by atoms with Crippen LogP contribution in [0.25, 0.3) is 0 Å². The molecule has 1 rings (SSSR count). The Balaban J connectivity index is 1.91.